The van der Waals surface area contributed by atoms with Crippen LogP contribution in [0, 0.1) is 5.41 Å². The van der Waals surface area contributed by atoms with Gasteiger partial charge < -0.3 is 15.8 Å². The fourth-order valence-electron chi connectivity index (χ4n) is 2.48. The van der Waals surface area contributed by atoms with E-state index in [2.05, 4.69) is 11.9 Å². The molecule has 3 unspecified atom stereocenters. The third-order valence-corrected chi connectivity index (χ3v) is 4.13. The fraction of sp³-hybridized carbons (Fsp3) is 0.786. The zero-order chi connectivity index (χ0) is 14.0. The second kappa shape index (κ2) is 5.41. The highest BCUT2D eigenvalue weighted by molar-refractivity contribution is 5.89. The largest absolute Gasteiger partial charge is 0.378 e. The number of carbonyl (C=O) groups excluding carboxylic acids is 1. The molecule has 0 aliphatic heterocycles. The molecule has 1 rings (SSSR count). The van der Waals surface area contributed by atoms with Gasteiger partial charge >= 0.3 is 0 Å². The van der Waals surface area contributed by atoms with Gasteiger partial charge in [0.25, 0.3) is 0 Å². The maximum Gasteiger partial charge on any atom is 0.241 e. The lowest BCUT2D eigenvalue weighted by Gasteiger charge is -2.57. The Kier molecular flexibility index (Phi) is 4.56. The number of carbonyl (C=O) groups is 1. The lowest BCUT2D eigenvalue weighted by molar-refractivity contribution is -0.171. The minimum atomic E-state index is -0.831. The Bertz CT molecular complexity index is 328. The van der Waals surface area contributed by atoms with Gasteiger partial charge in [-0.05, 0) is 20.3 Å². The SMILES string of the molecule is C=CCC(C)NC(=O)C1(N)CC(OCC)C1(C)C. The predicted molar refractivity (Wildman–Crippen MR) is 73.1 cm³/mol. The summed E-state index contributed by atoms with van der Waals surface area (Å²) in [6.45, 7) is 12.2. The van der Waals surface area contributed by atoms with Crippen molar-refractivity contribution in [2.75, 3.05) is 6.61 Å². The van der Waals surface area contributed by atoms with Gasteiger partial charge in [-0.25, -0.2) is 0 Å². The third-order valence-electron chi connectivity index (χ3n) is 4.13. The maximum absolute atomic E-state index is 12.3. The molecule has 1 amide bonds. The number of hydrogen-bond donors (Lipinski definition) is 2. The van der Waals surface area contributed by atoms with E-state index >= 15 is 0 Å². The Labute approximate surface area is 110 Å². The Morgan fingerprint density at radius 2 is 2.28 bits per heavy atom. The van der Waals surface area contributed by atoms with Gasteiger partial charge in [-0.3, -0.25) is 4.79 Å². The Hall–Kier alpha value is -0.870. The lowest BCUT2D eigenvalue weighted by Crippen LogP contribution is -2.76. The summed E-state index contributed by atoms with van der Waals surface area (Å²) >= 11 is 0. The molecule has 3 atom stereocenters. The number of nitrogens with one attached hydrogen (secondary N) is 1. The first-order valence-electron chi connectivity index (χ1n) is 6.62. The topological polar surface area (TPSA) is 64.4 Å². The van der Waals surface area contributed by atoms with E-state index in [1.165, 1.54) is 0 Å². The summed E-state index contributed by atoms with van der Waals surface area (Å²) in [6.07, 6.45) is 3.19. The zero-order valence-electron chi connectivity index (χ0n) is 12.0. The molecule has 1 saturated carbocycles. The van der Waals surface area contributed by atoms with Crippen LogP contribution in [0.1, 0.15) is 40.5 Å². The molecule has 4 heteroatoms. The highest BCUT2D eigenvalue weighted by atomic mass is 16.5. The van der Waals surface area contributed by atoms with Crippen molar-refractivity contribution < 1.29 is 9.53 Å². The minimum absolute atomic E-state index is 0.0629. The van der Waals surface area contributed by atoms with E-state index in [9.17, 15) is 4.79 Å². The molecule has 0 saturated heterocycles. The molecule has 1 fully saturated rings. The number of amides is 1. The Morgan fingerprint density at radius 3 is 2.72 bits per heavy atom. The second-order valence-corrected chi connectivity index (χ2v) is 5.74. The summed E-state index contributed by atoms with van der Waals surface area (Å²) in [7, 11) is 0. The Balaban J connectivity index is 2.66. The molecule has 1 aliphatic rings. The first-order valence-corrected chi connectivity index (χ1v) is 6.62. The van der Waals surface area contributed by atoms with E-state index in [1.807, 2.05) is 27.7 Å². The van der Waals surface area contributed by atoms with Crippen LogP contribution in [-0.2, 0) is 9.53 Å². The second-order valence-electron chi connectivity index (χ2n) is 5.74. The van der Waals surface area contributed by atoms with Crippen LogP contribution in [-0.4, -0.2) is 30.2 Å². The third kappa shape index (κ3) is 2.45. The van der Waals surface area contributed by atoms with Crippen molar-refractivity contribution in [1.82, 2.24) is 5.32 Å². The van der Waals surface area contributed by atoms with Crippen LogP contribution in [0.25, 0.3) is 0 Å². The van der Waals surface area contributed by atoms with Crippen LogP contribution in [0.3, 0.4) is 0 Å². The highest BCUT2D eigenvalue weighted by Gasteiger charge is 2.62. The standard InChI is InChI=1S/C14H26N2O2/c1-6-8-10(3)16-12(17)14(15)9-11(18-7-2)13(14,4)5/h6,10-11H,1,7-9,15H2,2-5H3,(H,16,17). The molecule has 0 radical (unpaired) electrons. The quantitative estimate of drug-likeness (QED) is 0.708. The minimum Gasteiger partial charge on any atom is -0.378 e. The fourth-order valence-corrected chi connectivity index (χ4v) is 2.48. The van der Waals surface area contributed by atoms with Crippen LogP contribution >= 0.6 is 0 Å². The highest BCUT2D eigenvalue weighted by Crippen LogP contribution is 2.49. The monoisotopic (exact) mass is 254 g/mol. The van der Waals surface area contributed by atoms with Gasteiger partial charge in [0.1, 0.15) is 5.54 Å². The van der Waals surface area contributed by atoms with Crippen molar-refractivity contribution in [1.29, 1.82) is 0 Å². The van der Waals surface area contributed by atoms with E-state index in [1.54, 1.807) is 6.08 Å². The van der Waals surface area contributed by atoms with E-state index in [0.29, 0.717) is 13.0 Å². The molecule has 0 aromatic heterocycles. The van der Waals surface area contributed by atoms with Gasteiger partial charge in [0.15, 0.2) is 0 Å². The summed E-state index contributed by atoms with van der Waals surface area (Å²) < 4.78 is 5.61. The average molecular weight is 254 g/mol. The molecular formula is C14H26N2O2. The molecule has 0 heterocycles. The van der Waals surface area contributed by atoms with Crippen molar-refractivity contribution in [3.8, 4) is 0 Å². The summed E-state index contributed by atoms with van der Waals surface area (Å²) in [5, 5.41) is 2.95. The zero-order valence-corrected chi connectivity index (χ0v) is 12.0. The summed E-state index contributed by atoms with van der Waals surface area (Å²) in [5.41, 5.74) is 5.11. The molecule has 0 spiro atoms. The lowest BCUT2D eigenvalue weighted by atomic mass is 9.54. The number of hydrogen-bond acceptors (Lipinski definition) is 3. The van der Waals surface area contributed by atoms with E-state index in [-0.39, 0.29) is 23.5 Å². The van der Waals surface area contributed by atoms with Crippen LogP contribution in [0.15, 0.2) is 12.7 Å². The smallest absolute Gasteiger partial charge is 0.241 e. The molecule has 18 heavy (non-hydrogen) atoms. The van der Waals surface area contributed by atoms with Crippen molar-refractivity contribution >= 4 is 5.91 Å². The average Bonchev–Trinajstić information content (AvgIpc) is 2.28. The maximum atomic E-state index is 12.3. The van der Waals surface area contributed by atoms with Gasteiger partial charge in [0.05, 0.1) is 6.10 Å². The summed E-state index contributed by atoms with van der Waals surface area (Å²) in [6, 6.07) is 0.0670. The van der Waals surface area contributed by atoms with Crippen molar-refractivity contribution in [3.05, 3.63) is 12.7 Å². The number of ether oxygens (including phenoxy) is 1. The molecule has 4 nitrogen and oxygen atoms in total. The van der Waals surface area contributed by atoms with Crippen LogP contribution in [0.2, 0.25) is 0 Å². The van der Waals surface area contributed by atoms with E-state index in [4.69, 9.17) is 10.5 Å². The first kappa shape index (κ1) is 15.2. The van der Waals surface area contributed by atoms with Crippen LogP contribution < -0.4 is 11.1 Å². The van der Waals surface area contributed by atoms with Gasteiger partial charge in [-0.15, -0.1) is 6.58 Å². The summed E-state index contributed by atoms with van der Waals surface area (Å²) in [5.74, 6) is -0.0854. The molecular weight excluding hydrogens is 228 g/mol. The molecule has 1 aliphatic carbocycles. The predicted octanol–water partition coefficient (Wildman–Crippen LogP) is 1.60. The Morgan fingerprint density at radius 1 is 1.67 bits per heavy atom. The first-order chi connectivity index (χ1) is 8.29. The molecule has 3 N–H and O–H groups in total. The van der Waals surface area contributed by atoms with Gasteiger partial charge in [-0.1, -0.05) is 19.9 Å². The van der Waals surface area contributed by atoms with Crippen molar-refractivity contribution in [2.45, 2.75) is 58.2 Å². The van der Waals surface area contributed by atoms with Gasteiger partial charge in [-0.2, -0.15) is 0 Å². The number of nitrogens with two attached hydrogens (primary N) is 1. The van der Waals surface area contributed by atoms with E-state index in [0.717, 1.165) is 6.42 Å². The van der Waals surface area contributed by atoms with Crippen molar-refractivity contribution in [2.24, 2.45) is 11.1 Å². The van der Waals surface area contributed by atoms with Crippen molar-refractivity contribution in [3.63, 3.8) is 0 Å². The van der Waals surface area contributed by atoms with Crippen LogP contribution in [0.5, 0.6) is 0 Å². The van der Waals surface area contributed by atoms with E-state index < -0.39 is 5.54 Å². The normalized spacial score (nSPS) is 31.3. The molecule has 0 aromatic rings. The summed E-state index contributed by atoms with van der Waals surface area (Å²) in [4.78, 5) is 12.3. The van der Waals surface area contributed by atoms with Gasteiger partial charge in [0.2, 0.25) is 5.91 Å². The van der Waals surface area contributed by atoms with Crippen LogP contribution in [0.4, 0.5) is 0 Å². The molecule has 104 valence electrons. The molecule has 0 aromatic carbocycles. The van der Waals surface area contributed by atoms with Gasteiger partial charge in [0, 0.05) is 24.5 Å². The number of rotatable bonds is 6. The molecule has 0 bridgehead atoms.